The van der Waals surface area contributed by atoms with Crippen molar-refractivity contribution in [3.8, 4) is 12.3 Å². The molecule has 0 bridgehead atoms. The van der Waals surface area contributed by atoms with Gasteiger partial charge in [0.25, 0.3) is 0 Å². The van der Waals surface area contributed by atoms with Crippen LogP contribution in [0.1, 0.15) is 33.6 Å². The summed E-state index contributed by atoms with van der Waals surface area (Å²) in [4.78, 5) is 24.5. The van der Waals surface area contributed by atoms with E-state index in [9.17, 15) is 9.59 Å². The van der Waals surface area contributed by atoms with Crippen molar-refractivity contribution in [1.29, 1.82) is 0 Å². The fourth-order valence-electron chi connectivity index (χ4n) is 1.82. The summed E-state index contributed by atoms with van der Waals surface area (Å²) in [6.07, 6.45) is 5.82. The first-order valence-corrected chi connectivity index (χ1v) is 5.53. The number of rotatable bonds is 1. The Kier molecular flexibility index (Phi) is 3.66. The Morgan fingerprint density at radius 3 is 2.41 bits per heavy atom. The van der Waals surface area contributed by atoms with E-state index in [2.05, 4.69) is 5.92 Å². The van der Waals surface area contributed by atoms with Gasteiger partial charge in [0.1, 0.15) is 11.6 Å². The van der Waals surface area contributed by atoms with Crippen LogP contribution in [0.25, 0.3) is 0 Å². The number of amides is 2. The van der Waals surface area contributed by atoms with Gasteiger partial charge >= 0.3 is 6.09 Å². The largest absolute Gasteiger partial charge is 0.444 e. The van der Waals surface area contributed by atoms with Crippen molar-refractivity contribution in [2.24, 2.45) is 5.73 Å². The van der Waals surface area contributed by atoms with Crippen LogP contribution in [0.4, 0.5) is 4.79 Å². The van der Waals surface area contributed by atoms with E-state index in [1.54, 1.807) is 20.8 Å². The minimum absolute atomic E-state index is 0.414. The SMILES string of the molecule is C#C[C@@H]1CC[C@@H](C(N)=O)N1C(=O)OC(C)(C)C. The normalized spacial score (nSPS) is 24.2. The molecule has 2 atom stereocenters. The fraction of sp³-hybridized carbons (Fsp3) is 0.667. The number of carbonyl (C=O) groups is 2. The van der Waals surface area contributed by atoms with Crippen LogP contribution in [-0.2, 0) is 9.53 Å². The lowest BCUT2D eigenvalue weighted by Crippen LogP contribution is -2.48. The Hall–Kier alpha value is -1.70. The number of carbonyl (C=O) groups excluding carboxylic acids is 2. The Morgan fingerprint density at radius 2 is 2.00 bits per heavy atom. The Balaban J connectivity index is 2.86. The van der Waals surface area contributed by atoms with E-state index in [0.29, 0.717) is 12.8 Å². The average molecular weight is 238 g/mol. The van der Waals surface area contributed by atoms with Gasteiger partial charge in [-0.25, -0.2) is 4.79 Å². The third-order valence-corrected chi connectivity index (χ3v) is 2.51. The molecule has 0 saturated carbocycles. The summed E-state index contributed by atoms with van der Waals surface area (Å²) in [6.45, 7) is 5.27. The van der Waals surface area contributed by atoms with Gasteiger partial charge in [-0.15, -0.1) is 6.42 Å². The Labute approximate surface area is 101 Å². The molecular weight excluding hydrogens is 220 g/mol. The van der Waals surface area contributed by atoms with Crippen molar-refractivity contribution in [1.82, 2.24) is 4.90 Å². The highest BCUT2D eigenvalue weighted by atomic mass is 16.6. The van der Waals surface area contributed by atoms with E-state index in [1.165, 1.54) is 4.90 Å². The molecule has 1 saturated heterocycles. The molecule has 1 aliphatic heterocycles. The van der Waals surface area contributed by atoms with Crippen LogP contribution < -0.4 is 5.73 Å². The lowest BCUT2D eigenvalue weighted by molar-refractivity contribution is -0.122. The second kappa shape index (κ2) is 4.66. The number of terminal acetylenes is 1. The van der Waals surface area contributed by atoms with E-state index < -0.39 is 29.7 Å². The van der Waals surface area contributed by atoms with Gasteiger partial charge in [-0.05, 0) is 33.6 Å². The van der Waals surface area contributed by atoms with Crippen molar-refractivity contribution in [3.63, 3.8) is 0 Å². The first kappa shape index (κ1) is 13.4. The molecule has 1 aliphatic rings. The van der Waals surface area contributed by atoms with Crippen molar-refractivity contribution < 1.29 is 14.3 Å². The summed E-state index contributed by atoms with van der Waals surface area (Å²) < 4.78 is 5.22. The average Bonchev–Trinajstić information content (AvgIpc) is 2.57. The van der Waals surface area contributed by atoms with E-state index in [4.69, 9.17) is 16.9 Å². The maximum absolute atomic E-state index is 11.9. The topological polar surface area (TPSA) is 72.6 Å². The lowest BCUT2D eigenvalue weighted by Gasteiger charge is -2.29. The third-order valence-electron chi connectivity index (χ3n) is 2.51. The quantitative estimate of drug-likeness (QED) is 0.689. The molecule has 0 aromatic heterocycles. The third kappa shape index (κ3) is 3.13. The molecule has 0 spiro atoms. The minimum atomic E-state index is -0.661. The molecule has 1 fully saturated rings. The zero-order valence-corrected chi connectivity index (χ0v) is 10.4. The molecule has 5 heteroatoms. The van der Waals surface area contributed by atoms with Crippen molar-refractivity contribution in [2.45, 2.75) is 51.3 Å². The number of nitrogens with zero attached hydrogens (tertiary/aromatic N) is 1. The molecule has 0 aromatic carbocycles. The second-order valence-electron chi connectivity index (χ2n) is 5.07. The molecule has 5 nitrogen and oxygen atoms in total. The van der Waals surface area contributed by atoms with Crippen LogP contribution in [0.15, 0.2) is 0 Å². The minimum Gasteiger partial charge on any atom is -0.444 e. The van der Waals surface area contributed by atoms with Gasteiger partial charge in [0, 0.05) is 0 Å². The van der Waals surface area contributed by atoms with Gasteiger partial charge in [-0.2, -0.15) is 0 Å². The monoisotopic (exact) mass is 238 g/mol. The van der Waals surface area contributed by atoms with Gasteiger partial charge in [-0.1, -0.05) is 5.92 Å². The van der Waals surface area contributed by atoms with Crippen LogP contribution in [0, 0.1) is 12.3 Å². The second-order valence-corrected chi connectivity index (χ2v) is 5.07. The summed E-state index contributed by atoms with van der Waals surface area (Å²) in [7, 11) is 0. The fourth-order valence-corrected chi connectivity index (χ4v) is 1.82. The van der Waals surface area contributed by atoms with E-state index in [1.807, 2.05) is 0 Å². The number of ether oxygens (including phenoxy) is 1. The van der Waals surface area contributed by atoms with E-state index in [0.717, 1.165) is 0 Å². The summed E-state index contributed by atoms with van der Waals surface area (Å²) in [6, 6.07) is -1.08. The first-order chi connectivity index (χ1) is 7.76. The molecule has 2 amide bonds. The van der Waals surface area contributed by atoms with Gasteiger partial charge in [0.15, 0.2) is 0 Å². The Morgan fingerprint density at radius 1 is 1.41 bits per heavy atom. The maximum Gasteiger partial charge on any atom is 0.411 e. The summed E-state index contributed by atoms with van der Waals surface area (Å²) >= 11 is 0. The molecule has 0 radical (unpaired) electrons. The predicted octanol–water partition coefficient (Wildman–Crippen LogP) is 0.873. The zero-order chi connectivity index (χ0) is 13.2. The van der Waals surface area contributed by atoms with Gasteiger partial charge in [-0.3, -0.25) is 9.69 Å². The number of hydrogen-bond acceptors (Lipinski definition) is 3. The predicted molar refractivity (Wildman–Crippen MR) is 62.9 cm³/mol. The van der Waals surface area contributed by atoms with Crippen molar-refractivity contribution in [2.75, 3.05) is 0 Å². The van der Waals surface area contributed by atoms with E-state index in [-0.39, 0.29) is 0 Å². The number of nitrogens with two attached hydrogens (primary N) is 1. The molecular formula is C12H18N2O3. The Bertz CT molecular complexity index is 365. The maximum atomic E-state index is 11.9. The molecule has 0 aliphatic carbocycles. The van der Waals surface area contributed by atoms with Crippen molar-refractivity contribution >= 4 is 12.0 Å². The van der Waals surface area contributed by atoms with Gasteiger partial charge < -0.3 is 10.5 Å². The molecule has 17 heavy (non-hydrogen) atoms. The molecule has 94 valence electrons. The zero-order valence-electron chi connectivity index (χ0n) is 10.4. The van der Waals surface area contributed by atoms with E-state index >= 15 is 0 Å². The summed E-state index contributed by atoms with van der Waals surface area (Å²) in [5.41, 5.74) is 4.63. The van der Waals surface area contributed by atoms with Crippen LogP contribution >= 0.6 is 0 Å². The van der Waals surface area contributed by atoms with Gasteiger partial charge in [0.2, 0.25) is 5.91 Å². The highest BCUT2D eigenvalue weighted by Gasteiger charge is 2.41. The lowest BCUT2D eigenvalue weighted by atomic mass is 10.2. The van der Waals surface area contributed by atoms with Crippen LogP contribution in [0.3, 0.4) is 0 Å². The first-order valence-electron chi connectivity index (χ1n) is 5.53. The number of likely N-dealkylation sites (tertiary alicyclic amines) is 1. The highest BCUT2D eigenvalue weighted by molar-refractivity contribution is 5.85. The molecule has 0 unspecified atom stereocenters. The molecule has 1 rings (SSSR count). The summed E-state index contributed by atoms with van der Waals surface area (Å²) in [5.74, 6) is 1.94. The molecule has 1 heterocycles. The van der Waals surface area contributed by atoms with Gasteiger partial charge in [0.05, 0.1) is 6.04 Å². The standard InChI is InChI=1S/C12H18N2O3/c1-5-8-6-7-9(10(13)15)14(8)11(16)17-12(2,3)4/h1,8-9H,6-7H2,2-4H3,(H2,13,15)/t8-,9+/m1/s1. The highest BCUT2D eigenvalue weighted by Crippen LogP contribution is 2.25. The van der Waals surface area contributed by atoms with Crippen LogP contribution in [0.2, 0.25) is 0 Å². The van der Waals surface area contributed by atoms with Crippen LogP contribution in [-0.4, -0.2) is 34.6 Å². The summed E-state index contributed by atoms with van der Waals surface area (Å²) in [5, 5.41) is 0. The number of hydrogen-bond donors (Lipinski definition) is 1. The molecule has 2 N–H and O–H groups in total. The van der Waals surface area contributed by atoms with Crippen LogP contribution in [0.5, 0.6) is 0 Å². The number of primary amides is 1. The smallest absolute Gasteiger partial charge is 0.411 e. The van der Waals surface area contributed by atoms with Crippen molar-refractivity contribution in [3.05, 3.63) is 0 Å². The molecule has 0 aromatic rings.